The molecule has 0 aliphatic heterocycles. The molecule has 270 valence electrons. The predicted molar refractivity (Wildman–Crippen MR) is 215 cm³/mol. The Morgan fingerprint density at radius 2 is 1.12 bits per heavy atom. The van der Waals surface area contributed by atoms with E-state index in [1.54, 1.807) is 0 Å². The summed E-state index contributed by atoms with van der Waals surface area (Å²) >= 11 is 0. The molecule has 1 unspecified atom stereocenters. The number of fused-ring (bicyclic) bond motifs is 2. The van der Waals surface area contributed by atoms with Crippen molar-refractivity contribution in [2.75, 3.05) is 0 Å². The SMILES string of the molecule is CC1=Cc2c(-c3cc(C(C)(C)C)cc(C(C)(C)C)c3)ccc(C)c2C1c1c(C)[cH-]c2cccc(-c3ccc(C(C)(C)C)cc3)c12.C[Si]C.[Cl-].[Cl-].[Hf]. The first kappa shape index (κ1) is 45.1. The maximum atomic E-state index is 2.49. The van der Waals surface area contributed by atoms with E-state index in [9.17, 15) is 0 Å². The minimum absolute atomic E-state index is 0. The van der Waals surface area contributed by atoms with Crippen LogP contribution in [0, 0.1) is 13.8 Å². The minimum Gasteiger partial charge on any atom is -1.00 e. The zero-order valence-corrected chi connectivity index (χ0v) is 39.5. The van der Waals surface area contributed by atoms with E-state index in [1.807, 2.05) is 0 Å². The summed E-state index contributed by atoms with van der Waals surface area (Å²) in [5.41, 5.74) is 18.3. The van der Waals surface area contributed by atoms with Gasteiger partial charge in [-0.3, -0.25) is 0 Å². The van der Waals surface area contributed by atoms with Gasteiger partial charge in [0.05, 0.1) is 0 Å². The molecule has 0 nitrogen and oxygen atoms in total. The van der Waals surface area contributed by atoms with Gasteiger partial charge < -0.3 is 24.8 Å². The van der Waals surface area contributed by atoms with Crippen LogP contribution in [0.1, 0.15) is 120 Å². The van der Waals surface area contributed by atoms with Crippen molar-refractivity contribution in [1.29, 1.82) is 0 Å². The van der Waals surface area contributed by atoms with Crippen LogP contribution in [0.2, 0.25) is 13.1 Å². The molecule has 0 saturated carbocycles. The zero-order chi connectivity index (χ0) is 35.3. The van der Waals surface area contributed by atoms with Crippen LogP contribution in [0.15, 0.2) is 84.4 Å². The number of halogens is 2. The van der Waals surface area contributed by atoms with E-state index in [0.717, 1.165) is 9.52 Å². The van der Waals surface area contributed by atoms with E-state index in [1.165, 1.54) is 83.1 Å². The smallest absolute Gasteiger partial charge is 0.0307 e. The van der Waals surface area contributed by atoms with Gasteiger partial charge in [-0.1, -0.05) is 160 Å². The van der Waals surface area contributed by atoms with Crippen LogP contribution in [0.4, 0.5) is 0 Å². The van der Waals surface area contributed by atoms with Gasteiger partial charge in [0, 0.05) is 35.4 Å². The van der Waals surface area contributed by atoms with E-state index in [4.69, 9.17) is 0 Å². The summed E-state index contributed by atoms with van der Waals surface area (Å²) in [4.78, 5) is 0. The molecule has 0 heterocycles. The van der Waals surface area contributed by atoms with E-state index in [0.29, 0.717) is 0 Å². The molecular formula is C47H57Cl2HfSi-3. The molecule has 0 amide bonds. The third kappa shape index (κ3) is 9.17. The van der Waals surface area contributed by atoms with Gasteiger partial charge in [-0.15, -0.1) is 40.1 Å². The number of benzene rings is 4. The van der Waals surface area contributed by atoms with Gasteiger partial charge in [-0.25, -0.2) is 0 Å². The molecule has 2 radical (unpaired) electrons. The fourth-order valence-electron chi connectivity index (χ4n) is 7.36. The van der Waals surface area contributed by atoms with Gasteiger partial charge in [0.2, 0.25) is 0 Å². The van der Waals surface area contributed by atoms with Gasteiger partial charge in [0.1, 0.15) is 0 Å². The molecule has 5 aromatic carbocycles. The van der Waals surface area contributed by atoms with Crippen molar-refractivity contribution >= 4 is 26.4 Å². The molecule has 1 aliphatic rings. The largest absolute Gasteiger partial charge is 1.00 e. The number of hydrogen-bond donors (Lipinski definition) is 0. The van der Waals surface area contributed by atoms with Gasteiger partial charge in [-0.05, 0) is 86.1 Å². The van der Waals surface area contributed by atoms with E-state index in [-0.39, 0.29) is 72.8 Å². The first-order chi connectivity index (χ1) is 22.4. The first-order valence-electron chi connectivity index (χ1n) is 17.7. The molecule has 0 aromatic heterocycles. The topological polar surface area (TPSA) is 0 Å². The molecule has 1 atom stereocenters. The summed E-state index contributed by atoms with van der Waals surface area (Å²) in [6.45, 7) is 32.1. The Morgan fingerprint density at radius 1 is 0.588 bits per heavy atom. The van der Waals surface area contributed by atoms with Gasteiger partial charge in [-0.2, -0.15) is 0 Å². The van der Waals surface area contributed by atoms with Crippen LogP contribution in [-0.2, 0) is 42.1 Å². The molecular weight excluding hydrogens is 842 g/mol. The van der Waals surface area contributed by atoms with Crippen molar-refractivity contribution in [1.82, 2.24) is 0 Å². The molecule has 4 heteroatoms. The first-order valence-corrected chi connectivity index (χ1v) is 19.7. The van der Waals surface area contributed by atoms with Crippen molar-refractivity contribution in [3.63, 3.8) is 0 Å². The average molecular weight is 899 g/mol. The van der Waals surface area contributed by atoms with Crippen LogP contribution in [-0.4, -0.2) is 9.52 Å². The third-order valence-electron chi connectivity index (χ3n) is 10.1. The normalized spacial score (nSPS) is 14.0. The Labute approximate surface area is 344 Å². The summed E-state index contributed by atoms with van der Waals surface area (Å²) in [5.74, 6) is 0.236. The van der Waals surface area contributed by atoms with Crippen LogP contribution in [0.25, 0.3) is 39.1 Å². The Balaban J connectivity index is 0.00000145. The summed E-state index contributed by atoms with van der Waals surface area (Å²) in [6.07, 6.45) is 2.49. The second-order valence-electron chi connectivity index (χ2n) is 17.2. The van der Waals surface area contributed by atoms with E-state index >= 15 is 0 Å². The number of aryl methyl sites for hydroxylation is 2. The van der Waals surface area contributed by atoms with Crippen molar-refractivity contribution in [2.45, 2.75) is 118 Å². The van der Waals surface area contributed by atoms with Crippen molar-refractivity contribution < 1.29 is 50.7 Å². The molecule has 0 spiro atoms. The summed E-state index contributed by atoms with van der Waals surface area (Å²) in [7, 11) is 1.08. The molecule has 6 rings (SSSR count). The third-order valence-corrected chi connectivity index (χ3v) is 10.1. The molecule has 0 N–H and O–H groups in total. The van der Waals surface area contributed by atoms with Crippen LogP contribution in [0.3, 0.4) is 0 Å². The van der Waals surface area contributed by atoms with Gasteiger partial charge in [0.25, 0.3) is 0 Å². The monoisotopic (exact) mass is 899 g/mol. The number of rotatable bonds is 3. The molecule has 51 heavy (non-hydrogen) atoms. The Morgan fingerprint density at radius 3 is 1.63 bits per heavy atom. The fourth-order valence-corrected chi connectivity index (χ4v) is 7.36. The maximum absolute atomic E-state index is 2.49. The Hall–Kier alpha value is -2.10. The van der Waals surface area contributed by atoms with E-state index < -0.39 is 0 Å². The van der Waals surface area contributed by atoms with Crippen molar-refractivity contribution in [3.05, 3.63) is 129 Å². The maximum Gasteiger partial charge on any atom is 0.0307 e. The molecule has 1 aliphatic carbocycles. The molecule has 5 aromatic rings. The van der Waals surface area contributed by atoms with Crippen LogP contribution < -0.4 is 24.8 Å². The Bertz CT molecular complexity index is 1960. The zero-order valence-electron chi connectivity index (χ0n) is 33.4. The summed E-state index contributed by atoms with van der Waals surface area (Å²) in [6, 6.07) is 30.6. The summed E-state index contributed by atoms with van der Waals surface area (Å²) in [5, 5.41) is 2.74. The van der Waals surface area contributed by atoms with Gasteiger partial charge >= 0.3 is 0 Å². The standard InChI is InChI=1S/C45H51.C2H6Si.2ClH.Hf/c1-27-16-21-36(32-24-34(44(7,8)9)26-35(25-32)45(10,11)12)38-23-29(3)40(39(27)38)41-28(2)22-31-14-13-15-37(42(31)41)30-17-19-33(20-18-30)43(4,5)6;1-3-2;;;/h13-26,40H,1-12H3;1-2H3;2*1H;/q-1;;;;/p-2. The average Bonchev–Trinajstić information content (AvgIpc) is 3.51. The number of allylic oxidation sites excluding steroid dienone is 1. The minimum atomic E-state index is 0. The quantitative estimate of drug-likeness (QED) is 0.129. The second-order valence-corrected chi connectivity index (χ2v) is 18.2. The molecule has 0 fully saturated rings. The summed E-state index contributed by atoms with van der Waals surface area (Å²) < 4.78 is 0. The van der Waals surface area contributed by atoms with Crippen LogP contribution >= 0.6 is 0 Å². The van der Waals surface area contributed by atoms with Gasteiger partial charge in [0.15, 0.2) is 0 Å². The second kappa shape index (κ2) is 16.9. The van der Waals surface area contributed by atoms with Crippen molar-refractivity contribution in [2.24, 2.45) is 0 Å². The predicted octanol–water partition coefficient (Wildman–Crippen LogP) is 7.74. The number of hydrogen-bond acceptors (Lipinski definition) is 0. The fraction of sp³-hybridized carbons (Fsp3) is 0.383. The van der Waals surface area contributed by atoms with Crippen molar-refractivity contribution in [3.8, 4) is 22.3 Å². The molecule has 0 saturated heterocycles. The van der Waals surface area contributed by atoms with Crippen LogP contribution in [0.5, 0.6) is 0 Å². The van der Waals surface area contributed by atoms with E-state index in [2.05, 4.69) is 181 Å². The Kier molecular flexibility index (Phi) is 15.0. The molecule has 0 bridgehead atoms.